The van der Waals surface area contributed by atoms with Crippen LogP contribution in [0.25, 0.3) is 0 Å². The number of aldehydes is 1. The zero-order valence-electron chi connectivity index (χ0n) is 7.70. The second kappa shape index (κ2) is 4.32. The minimum atomic E-state index is -0.149. The highest BCUT2D eigenvalue weighted by atomic mass is 79.9. The van der Waals surface area contributed by atoms with Crippen LogP contribution in [0.5, 0.6) is 17.2 Å². The van der Waals surface area contributed by atoms with Crippen LogP contribution in [0.2, 0.25) is 0 Å². The van der Waals surface area contributed by atoms with Gasteiger partial charge in [0, 0.05) is 6.07 Å². The van der Waals surface area contributed by atoms with Gasteiger partial charge in [-0.3, -0.25) is 4.79 Å². The minimum Gasteiger partial charge on any atom is -0.507 e. The summed E-state index contributed by atoms with van der Waals surface area (Å²) in [5, 5.41) is 9.43. The third-order valence-electron chi connectivity index (χ3n) is 1.75. The second-order valence-electron chi connectivity index (χ2n) is 2.48. The van der Waals surface area contributed by atoms with Crippen LogP contribution in [0.4, 0.5) is 0 Å². The number of aromatic hydroxyl groups is 1. The molecule has 0 bridgehead atoms. The van der Waals surface area contributed by atoms with E-state index in [1.165, 1.54) is 20.3 Å². The lowest BCUT2D eigenvalue weighted by atomic mass is 10.2. The van der Waals surface area contributed by atoms with Gasteiger partial charge in [-0.15, -0.1) is 0 Å². The molecule has 0 unspecified atom stereocenters. The molecule has 5 heteroatoms. The molecule has 1 N–H and O–H groups in total. The predicted molar refractivity (Wildman–Crippen MR) is 54.3 cm³/mol. The van der Waals surface area contributed by atoms with Crippen LogP contribution in [0.15, 0.2) is 10.5 Å². The van der Waals surface area contributed by atoms with Crippen molar-refractivity contribution in [2.75, 3.05) is 14.2 Å². The Kier molecular flexibility index (Phi) is 3.35. The molecular weight excluding hydrogens is 252 g/mol. The van der Waals surface area contributed by atoms with E-state index < -0.39 is 0 Å². The van der Waals surface area contributed by atoms with Crippen LogP contribution in [-0.4, -0.2) is 25.6 Å². The van der Waals surface area contributed by atoms with Crippen molar-refractivity contribution < 1.29 is 19.4 Å². The number of halogens is 1. The van der Waals surface area contributed by atoms with Crippen molar-refractivity contribution in [1.29, 1.82) is 0 Å². The Hall–Kier alpha value is -1.23. The molecule has 0 saturated heterocycles. The van der Waals surface area contributed by atoms with E-state index in [1.807, 2.05) is 0 Å². The number of methoxy groups -OCH3 is 2. The number of rotatable bonds is 3. The highest BCUT2D eigenvalue weighted by Crippen LogP contribution is 2.41. The lowest BCUT2D eigenvalue weighted by molar-refractivity contribution is 0.111. The van der Waals surface area contributed by atoms with E-state index in [1.54, 1.807) is 0 Å². The monoisotopic (exact) mass is 260 g/mol. The number of phenols is 1. The Bertz CT molecular complexity index is 362. The van der Waals surface area contributed by atoms with Gasteiger partial charge in [0.2, 0.25) is 0 Å². The molecule has 76 valence electrons. The molecular formula is C9H9BrO4. The summed E-state index contributed by atoms with van der Waals surface area (Å²) in [6.07, 6.45) is 0.543. The summed E-state index contributed by atoms with van der Waals surface area (Å²) < 4.78 is 10.4. The Morgan fingerprint density at radius 2 is 2.07 bits per heavy atom. The Morgan fingerprint density at radius 3 is 2.50 bits per heavy atom. The average Bonchev–Trinajstić information content (AvgIpc) is 2.17. The Morgan fingerprint density at radius 1 is 1.43 bits per heavy atom. The van der Waals surface area contributed by atoms with Crippen molar-refractivity contribution in [3.05, 3.63) is 16.1 Å². The van der Waals surface area contributed by atoms with Gasteiger partial charge < -0.3 is 14.6 Å². The van der Waals surface area contributed by atoms with Gasteiger partial charge in [-0.2, -0.15) is 0 Å². The molecule has 0 aliphatic heterocycles. The highest BCUT2D eigenvalue weighted by Gasteiger charge is 2.16. The van der Waals surface area contributed by atoms with Crippen LogP contribution in [0, 0.1) is 0 Å². The van der Waals surface area contributed by atoms with Gasteiger partial charge in [0.05, 0.1) is 24.3 Å². The van der Waals surface area contributed by atoms with Crippen LogP contribution in [0.1, 0.15) is 10.4 Å². The van der Waals surface area contributed by atoms with Gasteiger partial charge in [-0.05, 0) is 15.9 Å². The molecule has 4 nitrogen and oxygen atoms in total. The number of hydrogen-bond donors (Lipinski definition) is 1. The van der Waals surface area contributed by atoms with Crippen molar-refractivity contribution in [1.82, 2.24) is 0 Å². The molecule has 0 aliphatic carbocycles. The standard InChI is InChI=1S/C9H9BrO4/c1-13-7-3-6(12)5(4-11)8(10)9(7)14-2/h3-4,12H,1-2H3. The molecule has 0 radical (unpaired) electrons. The first-order valence-corrected chi connectivity index (χ1v) is 4.53. The van der Waals surface area contributed by atoms with E-state index in [2.05, 4.69) is 15.9 Å². The summed E-state index contributed by atoms with van der Waals surface area (Å²) in [7, 11) is 2.90. The summed E-state index contributed by atoms with van der Waals surface area (Å²) in [6, 6.07) is 1.33. The second-order valence-corrected chi connectivity index (χ2v) is 3.27. The van der Waals surface area contributed by atoms with E-state index >= 15 is 0 Å². The van der Waals surface area contributed by atoms with Crippen LogP contribution in [0.3, 0.4) is 0 Å². The van der Waals surface area contributed by atoms with Crippen molar-refractivity contribution >= 4 is 22.2 Å². The first-order valence-electron chi connectivity index (χ1n) is 3.74. The van der Waals surface area contributed by atoms with E-state index in [-0.39, 0.29) is 11.3 Å². The zero-order valence-corrected chi connectivity index (χ0v) is 9.29. The minimum absolute atomic E-state index is 0.141. The molecule has 1 aromatic rings. The predicted octanol–water partition coefficient (Wildman–Crippen LogP) is 1.98. The van der Waals surface area contributed by atoms with E-state index in [0.29, 0.717) is 22.3 Å². The summed E-state index contributed by atoms with van der Waals surface area (Å²) in [6.45, 7) is 0. The smallest absolute Gasteiger partial charge is 0.175 e. The molecule has 0 amide bonds. The van der Waals surface area contributed by atoms with Gasteiger partial charge in [0.15, 0.2) is 17.8 Å². The van der Waals surface area contributed by atoms with Crippen molar-refractivity contribution in [3.63, 3.8) is 0 Å². The topological polar surface area (TPSA) is 55.8 Å². The van der Waals surface area contributed by atoms with Gasteiger partial charge in [0.1, 0.15) is 5.75 Å². The van der Waals surface area contributed by atoms with Crippen molar-refractivity contribution in [2.24, 2.45) is 0 Å². The Balaban J connectivity index is 3.46. The fraction of sp³-hybridized carbons (Fsp3) is 0.222. The molecule has 0 heterocycles. The quantitative estimate of drug-likeness (QED) is 0.845. The normalized spacial score (nSPS) is 9.64. The number of carbonyl (C=O) groups excluding carboxylic acids is 1. The van der Waals surface area contributed by atoms with Gasteiger partial charge >= 0.3 is 0 Å². The van der Waals surface area contributed by atoms with E-state index in [4.69, 9.17) is 9.47 Å². The maximum Gasteiger partial charge on any atom is 0.175 e. The van der Waals surface area contributed by atoms with Crippen molar-refractivity contribution in [2.45, 2.75) is 0 Å². The first-order chi connectivity index (χ1) is 6.65. The largest absolute Gasteiger partial charge is 0.507 e. The maximum atomic E-state index is 10.6. The van der Waals surface area contributed by atoms with E-state index in [0.717, 1.165) is 0 Å². The number of benzene rings is 1. The molecule has 0 atom stereocenters. The highest BCUT2D eigenvalue weighted by molar-refractivity contribution is 9.10. The average molecular weight is 261 g/mol. The lowest BCUT2D eigenvalue weighted by Gasteiger charge is -2.11. The number of hydrogen-bond acceptors (Lipinski definition) is 4. The molecule has 0 fully saturated rings. The van der Waals surface area contributed by atoms with Crippen LogP contribution in [-0.2, 0) is 0 Å². The molecule has 0 aliphatic rings. The summed E-state index contributed by atoms with van der Waals surface area (Å²) >= 11 is 3.15. The Labute approximate surface area is 89.6 Å². The number of carbonyl (C=O) groups is 1. The molecule has 14 heavy (non-hydrogen) atoms. The van der Waals surface area contributed by atoms with Crippen LogP contribution < -0.4 is 9.47 Å². The zero-order chi connectivity index (χ0) is 10.7. The maximum absolute atomic E-state index is 10.6. The SMILES string of the molecule is COc1cc(O)c(C=O)c(Br)c1OC. The lowest BCUT2D eigenvalue weighted by Crippen LogP contribution is -1.95. The fourth-order valence-electron chi connectivity index (χ4n) is 1.06. The number of ether oxygens (including phenoxy) is 2. The third kappa shape index (κ3) is 1.68. The van der Waals surface area contributed by atoms with E-state index in [9.17, 15) is 9.90 Å². The van der Waals surface area contributed by atoms with Gasteiger partial charge in [0.25, 0.3) is 0 Å². The number of phenolic OH excluding ortho intramolecular Hbond substituents is 1. The molecule has 1 aromatic carbocycles. The van der Waals surface area contributed by atoms with Gasteiger partial charge in [-0.1, -0.05) is 0 Å². The summed E-state index contributed by atoms with van der Waals surface area (Å²) in [5.41, 5.74) is 0.141. The summed E-state index contributed by atoms with van der Waals surface area (Å²) in [5.74, 6) is 0.597. The molecule has 0 spiro atoms. The molecule has 0 saturated carbocycles. The first kappa shape index (κ1) is 10.8. The molecule has 1 rings (SSSR count). The van der Waals surface area contributed by atoms with Crippen LogP contribution >= 0.6 is 15.9 Å². The molecule has 0 aromatic heterocycles. The summed E-state index contributed by atoms with van der Waals surface area (Å²) in [4.78, 5) is 10.6. The van der Waals surface area contributed by atoms with Crippen molar-refractivity contribution in [3.8, 4) is 17.2 Å². The van der Waals surface area contributed by atoms with Gasteiger partial charge in [-0.25, -0.2) is 0 Å². The fourth-order valence-corrected chi connectivity index (χ4v) is 1.72. The third-order valence-corrected chi connectivity index (χ3v) is 2.53.